The van der Waals surface area contributed by atoms with Crippen LogP contribution in [-0.4, -0.2) is 98.7 Å². The predicted molar refractivity (Wildman–Crippen MR) is 283 cm³/mol. The molecule has 0 bridgehead atoms. The summed E-state index contributed by atoms with van der Waals surface area (Å²) >= 11 is 0. The lowest BCUT2D eigenvalue weighted by Crippen LogP contribution is -2.60. The summed E-state index contributed by atoms with van der Waals surface area (Å²) in [5.41, 5.74) is 0. The Balaban J connectivity index is 2.11. The van der Waals surface area contributed by atoms with Crippen LogP contribution in [0.1, 0.15) is 303 Å². The third-order valence-corrected chi connectivity index (χ3v) is 14.8. The summed E-state index contributed by atoms with van der Waals surface area (Å²) in [5.74, 6) is -0.251. The van der Waals surface area contributed by atoms with Crippen LogP contribution in [0.5, 0.6) is 0 Å². The van der Waals surface area contributed by atoms with E-state index < -0.39 is 55.6 Å². The van der Waals surface area contributed by atoms with Gasteiger partial charge in [0.2, 0.25) is 5.91 Å². The second kappa shape index (κ2) is 48.4. The fourth-order valence-electron chi connectivity index (χ4n) is 10.0. The average Bonchev–Trinajstić information content (AvgIpc) is 3.34. The maximum atomic E-state index is 13.1. The van der Waals surface area contributed by atoms with Crippen LogP contribution >= 0.6 is 0 Å². The van der Waals surface area contributed by atoms with Crippen LogP contribution in [-0.2, 0) is 14.3 Å². The van der Waals surface area contributed by atoms with Gasteiger partial charge in [-0.15, -0.1) is 0 Å². The summed E-state index contributed by atoms with van der Waals surface area (Å²) in [5, 5.41) is 65.4. The third-order valence-electron chi connectivity index (χ3n) is 14.8. The number of carbonyl (C=O) groups is 1. The van der Waals surface area contributed by atoms with E-state index in [0.29, 0.717) is 6.42 Å². The van der Waals surface area contributed by atoms with Crippen LogP contribution in [0.15, 0.2) is 0 Å². The van der Waals surface area contributed by atoms with E-state index in [2.05, 4.69) is 19.2 Å². The van der Waals surface area contributed by atoms with E-state index in [-0.39, 0.29) is 18.9 Å². The Morgan fingerprint density at radius 1 is 0.456 bits per heavy atom. The van der Waals surface area contributed by atoms with E-state index in [1.165, 1.54) is 231 Å². The molecule has 7 N–H and O–H groups in total. The summed E-state index contributed by atoms with van der Waals surface area (Å²) in [6.45, 7) is 3.64. The summed E-state index contributed by atoms with van der Waals surface area (Å²) in [6, 6.07) is -0.985. The standard InChI is InChI=1S/C58H115NO9/c1-3-5-7-9-11-13-15-16-17-18-19-20-21-22-23-24-25-26-27-28-29-30-31-32-33-34-35-37-39-41-43-45-47-53(62)59-50(49-67-58-57(66)56(65)55(64)52(48-60)68-58)54(63)51(61)46-44-42-40-38-36-14-12-10-8-6-4-2/h50-52,54-58,60-61,63-66H,3-49H2,1-2H3,(H,59,62)/t50-,51+,52+,54-,55+,56?,57?,58+/m0/s1. The maximum Gasteiger partial charge on any atom is 0.220 e. The molecule has 1 saturated heterocycles. The molecule has 0 radical (unpaired) electrons. The molecule has 406 valence electrons. The Morgan fingerprint density at radius 2 is 0.765 bits per heavy atom. The van der Waals surface area contributed by atoms with Crippen LogP contribution in [0.2, 0.25) is 0 Å². The number of rotatable bonds is 52. The van der Waals surface area contributed by atoms with Gasteiger partial charge in [-0.2, -0.15) is 0 Å². The largest absolute Gasteiger partial charge is 0.394 e. The molecule has 1 heterocycles. The van der Waals surface area contributed by atoms with Crippen molar-refractivity contribution in [2.75, 3.05) is 13.2 Å². The lowest BCUT2D eigenvalue weighted by Gasteiger charge is -2.40. The van der Waals surface area contributed by atoms with Gasteiger partial charge >= 0.3 is 0 Å². The molecule has 1 amide bonds. The Labute approximate surface area is 419 Å². The molecule has 1 aliphatic heterocycles. The quantitative estimate of drug-likeness (QED) is 0.0293. The fourth-order valence-corrected chi connectivity index (χ4v) is 10.0. The number of aliphatic hydroxyl groups excluding tert-OH is 6. The molecule has 0 aromatic rings. The minimum atomic E-state index is -1.60. The number of aliphatic hydroxyl groups is 6. The van der Waals surface area contributed by atoms with Crippen LogP contribution in [0, 0.1) is 0 Å². The summed E-state index contributed by atoms with van der Waals surface area (Å²) in [4.78, 5) is 13.1. The Morgan fingerprint density at radius 3 is 1.09 bits per heavy atom. The highest BCUT2D eigenvalue weighted by molar-refractivity contribution is 5.76. The molecule has 68 heavy (non-hydrogen) atoms. The van der Waals surface area contributed by atoms with Gasteiger partial charge in [-0.3, -0.25) is 4.79 Å². The van der Waals surface area contributed by atoms with Crippen molar-refractivity contribution in [1.29, 1.82) is 0 Å². The first-order valence-electron chi connectivity index (χ1n) is 29.8. The normalized spacial score (nSPS) is 19.9. The first kappa shape index (κ1) is 65.2. The van der Waals surface area contributed by atoms with E-state index in [4.69, 9.17) is 9.47 Å². The lowest BCUT2D eigenvalue weighted by atomic mass is 9.98. The number of unbranched alkanes of at least 4 members (excludes halogenated alkanes) is 41. The molecule has 0 aromatic carbocycles. The molecule has 10 heteroatoms. The van der Waals surface area contributed by atoms with Crippen molar-refractivity contribution < 1.29 is 44.9 Å². The van der Waals surface area contributed by atoms with Crippen LogP contribution in [0.4, 0.5) is 0 Å². The van der Waals surface area contributed by atoms with Crippen molar-refractivity contribution in [2.45, 2.75) is 352 Å². The molecule has 0 spiro atoms. The topological polar surface area (TPSA) is 169 Å². The van der Waals surface area contributed by atoms with Gasteiger partial charge in [-0.25, -0.2) is 0 Å². The van der Waals surface area contributed by atoms with Gasteiger partial charge in [-0.1, -0.05) is 284 Å². The fraction of sp³-hybridized carbons (Fsp3) is 0.983. The van der Waals surface area contributed by atoms with E-state index in [9.17, 15) is 35.4 Å². The molecule has 1 fully saturated rings. The minimum Gasteiger partial charge on any atom is -0.394 e. The SMILES string of the molecule is CCCCCCCCCCCCCCCCCCCCCCCCCCCCCCCCCCC(=O)N[C@@H](CO[C@@H]1O[C@H](CO)[C@@H](O)C(O)C1O)[C@H](O)[C@H](O)CCCCCCCCCCCCC. The van der Waals surface area contributed by atoms with Crippen molar-refractivity contribution in [3.63, 3.8) is 0 Å². The maximum absolute atomic E-state index is 13.1. The first-order valence-corrected chi connectivity index (χ1v) is 29.8. The molecule has 0 aliphatic carbocycles. The van der Waals surface area contributed by atoms with Gasteiger partial charge in [0.1, 0.15) is 30.5 Å². The lowest BCUT2D eigenvalue weighted by molar-refractivity contribution is -0.303. The zero-order valence-corrected chi connectivity index (χ0v) is 44.8. The van der Waals surface area contributed by atoms with Gasteiger partial charge in [0, 0.05) is 6.42 Å². The van der Waals surface area contributed by atoms with Crippen molar-refractivity contribution >= 4 is 5.91 Å². The van der Waals surface area contributed by atoms with Crippen LogP contribution in [0.3, 0.4) is 0 Å². The molecule has 0 aromatic heterocycles. The Kier molecular flexibility index (Phi) is 46.4. The smallest absolute Gasteiger partial charge is 0.220 e. The van der Waals surface area contributed by atoms with Gasteiger partial charge in [0.15, 0.2) is 6.29 Å². The third kappa shape index (κ3) is 37.0. The number of nitrogens with one attached hydrogen (secondary N) is 1. The van der Waals surface area contributed by atoms with Crippen molar-refractivity contribution in [3.05, 3.63) is 0 Å². The van der Waals surface area contributed by atoms with Crippen molar-refractivity contribution in [2.24, 2.45) is 0 Å². The first-order chi connectivity index (χ1) is 33.3. The average molecular weight is 971 g/mol. The van der Waals surface area contributed by atoms with Gasteiger partial charge in [0.05, 0.1) is 25.4 Å². The summed E-state index contributed by atoms with van der Waals surface area (Å²) < 4.78 is 11.2. The highest BCUT2D eigenvalue weighted by Crippen LogP contribution is 2.24. The van der Waals surface area contributed by atoms with Gasteiger partial charge in [-0.05, 0) is 12.8 Å². The number of amides is 1. The zero-order chi connectivity index (χ0) is 49.6. The molecular weight excluding hydrogens is 855 g/mol. The van der Waals surface area contributed by atoms with E-state index in [1.807, 2.05) is 0 Å². The molecule has 1 aliphatic rings. The highest BCUT2D eigenvalue weighted by atomic mass is 16.7. The second-order valence-electron chi connectivity index (χ2n) is 21.3. The van der Waals surface area contributed by atoms with Crippen molar-refractivity contribution in [1.82, 2.24) is 5.32 Å². The number of ether oxygens (including phenoxy) is 2. The molecular formula is C58H115NO9. The Bertz CT molecular complexity index is 1050. The minimum absolute atomic E-state index is 0.251. The predicted octanol–water partition coefficient (Wildman–Crippen LogP) is 13.6. The van der Waals surface area contributed by atoms with Crippen LogP contribution in [0.25, 0.3) is 0 Å². The summed E-state index contributed by atoms with van der Waals surface area (Å²) in [6.07, 6.45) is 47.3. The second-order valence-corrected chi connectivity index (χ2v) is 21.3. The van der Waals surface area contributed by atoms with Crippen LogP contribution < -0.4 is 5.32 Å². The zero-order valence-electron chi connectivity index (χ0n) is 44.8. The van der Waals surface area contributed by atoms with Gasteiger partial charge in [0.25, 0.3) is 0 Å². The monoisotopic (exact) mass is 970 g/mol. The van der Waals surface area contributed by atoms with Gasteiger partial charge < -0.3 is 45.4 Å². The van der Waals surface area contributed by atoms with E-state index in [0.717, 1.165) is 44.9 Å². The molecule has 1 rings (SSSR count). The molecule has 0 saturated carbocycles. The van der Waals surface area contributed by atoms with E-state index >= 15 is 0 Å². The summed E-state index contributed by atoms with van der Waals surface area (Å²) in [7, 11) is 0. The molecule has 8 atom stereocenters. The van der Waals surface area contributed by atoms with Crippen molar-refractivity contribution in [3.8, 4) is 0 Å². The number of carbonyl (C=O) groups excluding carboxylic acids is 1. The molecule has 2 unspecified atom stereocenters. The molecule has 10 nitrogen and oxygen atoms in total. The Hall–Kier alpha value is -0.850. The highest BCUT2D eigenvalue weighted by Gasteiger charge is 2.44. The number of hydrogen-bond acceptors (Lipinski definition) is 9. The number of hydrogen-bond donors (Lipinski definition) is 7. The van der Waals surface area contributed by atoms with E-state index in [1.54, 1.807) is 0 Å².